The highest BCUT2D eigenvalue weighted by Crippen LogP contribution is 2.30. The zero-order chi connectivity index (χ0) is 15.1. The molecule has 1 aromatic heterocycles. The smallest absolute Gasteiger partial charge is 0.303 e. The first-order valence-corrected chi connectivity index (χ1v) is 7.29. The Morgan fingerprint density at radius 3 is 2.57 bits per heavy atom. The highest BCUT2D eigenvalue weighted by Gasteiger charge is 2.21. The van der Waals surface area contributed by atoms with Crippen LogP contribution < -0.4 is 4.90 Å². The molecule has 0 aliphatic rings. The zero-order valence-electron chi connectivity index (χ0n) is 12.2. The largest absolute Gasteiger partial charge is 0.481 e. The molecule has 0 bridgehead atoms. The third-order valence-corrected chi connectivity index (χ3v) is 3.51. The Bertz CT molecular complexity index is 536. The topological polar surface area (TPSA) is 53.7 Å². The molecule has 1 N–H and O–H groups in total. The van der Waals surface area contributed by atoms with Gasteiger partial charge in [0, 0.05) is 18.7 Å². The van der Waals surface area contributed by atoms with Crippen LogP contribution in [0.2, 0.25) is 0 Å². The SMILES string of the molecule is CCC(c1ccco1)N(CCCC(=O)O)c1ccccc1. The van der Waals surface area contributed by atoms with Gasteiger partial charge in [0.1, 0.15) is 5.76 Å². The molecule has 4 heteroatoms. The Morgan fingerprint density at radius 2 is 2.00 bits per heavy atom. The second-order valence-corrected chi connectivity index (χ2v) is 4.97. The van der Waals surface area contributed by atoms with Crippen LogP contribution in [-0.2, 0) is 4.79 Å². The van der Waals surface area contributed by atoms with Crippen molar-refractivity contribution in [1.29, 1.82) is 0 Å². The van der Waals surface area contributed by atoms with Gasteiger partial charge in [0.25, 0.3) is 0 Å². The second-order valence-electron chi connectivity index (χ2n) is 4.97. The van der Waals surface area contributed by atoms with Gasteiger partial charge in [0.15, 0.2) is 0 Å². The highest BCUT2D eigenvalue weighted by atomic mass is 16.4. The van der Waals surface area contributed by atoms with Gasteiger partial charge < -0.3 is 14.4 Å². The van der Waals surface area contributed by atoms with E-state index in [9.17, 15) is 4.79 Å². The van der Waals surface area contributed by atoms with Gasteiger partial charge in [0.2, 0.25) is 0 Å². The first-order chi connectivity index (χ1) is 10.2. The third kappa shape index (κ3) is 4.12. The van der Waals surface area contributed by atoms with Crippen LogP contribution in [0.4, 0.5) is 5.69 Å². The lowest BCUT2D eigenvalue weighted by Gasteiger charge is -2.32. The first-order valence-electron chi connectivity index (χ1n) is 7.29. The summed E-state index contributed by atoms with van der Waals surface area (Å²) in [6.45, 7) is 2.80. The number of hydrogen-bond acceptors (Lipinski definition) is 3. The van der Waals surface area contributed by atoms with Gasteiger partial charge in [0.05, 0.1) is 12.3 Å². The van der Waals surface area contributed by atoms with Crippen molar-refractivity contribution in [3.63, 3.8) is 0 Å². The van der Waals surface area contributed by atoms with E-state index in [-0.39, 0.29) is 12.5 Å². The summed E-state index contributed by atoms with van der Waals surface area (Å²) in [7, 11) is 0. The summed E-state index contributed by atoms with van der Waals surface area (Å²) >= 11 is 0. The molecule has 0 saturated carbocycles. The Labute approximate surface area is 125 Å². The lowest BCUT2D eigenvalue weighted by atomic mass is 10.1. The number of rotatable bonds is 8. The van der Waals surface area contributed by atoms with Gasteiger partial charge in [-0.1, -0.05) is 25.1 Å². The Balaban J connectivity index is 2.20. The molecule has 112 valence electrons. The lowest BCUT2D eigenvalue weighted by molar-refractivity contribution is -0.137. The van der Waals surface area contributed by atoms with Gasteiger partial charge in [-0.15, -0.1) is 0 Å². The molecule has 21 heavy (non-hydrogen) atoms. The molecule has 1 unspecified atom stereocenters. The van der Waals surface area contributed by atoms with E-state index in [1.54, 1.807) is 6.26 Å². The van der Waals surface area contributed by atoms with Crippen molar-refractivity contribution in [1.82, 2.24) is 0 Å². The number of carboxylic acids is 1. The van der Waals surface area contributed by atoms with Gasteiger partial charge in [-0.25, -0.2) is 0 Å². The van der Waals surface area contributed by atoms with Crippen molar-refractivity contribution in [2.45, 2.75) is 32.2 Å². The summed E-state index contributed by atoms with van der Waals surface area (Å²) in [6.07, 6.45) is 3.37. The number of carbonyl (C=O) groups is 1. The van der Waals surface area contributed by atoms with Crippen molar-refractivity contribution in [3.8, 4) is 0 Å². The van der Waals surface area contributed by atoms with Gasteiger partial charge in [-0.3, -0.25) is 4.79 Å². The van der Waals surface area contributed by atoms with Crippen molar-refractivity contribution in [2.24, 2.45) is 0 Å². The lowest BCUT2D eigenvalue weighted by Crippen LogP contribution is -2.29. The summed E-state index contributed by atoms with van der Waals surface area (Å²) in [5, 5.41) is 8.84. The maximum absolute atomic E-state index is 10.7. The predicted molar refractivity (Wildman–Crippen MR) is 82.4 cm³/mol. The molecular formula is C17H21NO3. The standard InChI is InChI=1S/C17H21NO3/c1-2-15(16-10-7-13-21-16)18(12-6-11-17(19)20)14-8-4-3-5-9-14/h3-5,7-10,13,15H,2,6,11-12H2,1H3,(H,19,20). The molecule has 0 aliphatic heterocycles. The number of benzene rings is 1. The molecule has 2 rings (SSSR count). The maximum Gasteiger partial charge on any atom is 0.303 e. The Hall–Kier alpha value is -2.23. The average Bonchev–Trinajstić information content (AvgIpc) is 3.01. The molecule has 2 aromatic rings. The van der Waals surface area contributed by atoms with Crippen LogP contribution in [-0.4, -0.2) is 17.6 Å². The summed E-state index contributed by atoms with van der Waals surface area (Å²) < 4.78 is 5.56. The number of para-hydroxylation sites is 1. The van der Waals surface area contributed by atoms with E-state index in [4.69, 9.17) is 9.52 Å². The highest BCUT2D eigenvalue weighted by molar-refractivity contribution is 5.66. The van der Waals surface area contributed by atoms with Crippen molar-refractivity contribution < 1.29 is 14.3 Å². The molecule has 0 fully saturated rings. The van der Waals surface area contributed by atoms with Crippen LogP contribution in [0.25, 0.3) is 0 Å². The molecule has 4 nitrogen and oxygen atoms in total. The molecule has 1 heterocycles. The second kappa shape index (κ2) is 7.53. The number of furan rings is 1. The van der Waals surface area contributed by atoms with E-state index in [0.717, 1.165) is 17.9 Å². The summed E-state index contributed by atoms with van der Waals surface area (Å²) in [5.74, 6) is 0.158. The van der Waals surface area contributed by atoms with E-state index in [1.807, 2.05) is 42.5 Å². The third-order valence-electron chi connectivity index (χ3n) is 3.51. The molecular weight excluding hydrogens is 266 g/mol. The minimum Gasteiger partial charge on any atom is -0.481 e. The molecule has 0 amide bonds. The molecule has 1 aromatic carbocycles. The van der Waals surface area contributed by atoms with Crippen LogP contribution in [0.3, 0.4) is 0 Å². The van der Waals surface area contributed by atoms with Crippen molar-refractivity contribution >= 4 is 11.7 Å². The fraction of sp³-hybridized carbons (Fsp3) is 0.353. The van der Waals surface area contributed by atoms with Gasteiger partial charge in [-0.05, 0) is 37.1 Å². The summed E-state index contributed by atoms with van der Waals surface area (Å²) in [4.78, 5) is 13.0. The van der Waals surface area contributed by atoms with Crippen LogP contribution in [0, 0.1) is 0 Å². The van der Waals surface area contributed by atoms with E-state index < -0.39 is 5.97 Å². The number of anilines is 1. The average molecular weight is 287 g/mol. The predicted octanol–water partition coefficient (Wildman–Crippen LogP) is 4.10. The normalized spacial score (nSPS) is 12.0. The van der Waals surface area contributed by atoms with Crippen LogP contribution in [0.1, 0.15) is 38.0 Å². The molecule has 0 aliphatic carbocycles. The minimum atomic E-state index is -0.756. The number of nitrogens with zero attached hydrogens (tertiary/aromatic N) is 1. The summed E-state index contributed by atoms with van der Waals surface area (Å²) in [5.41, 5.74) is 1.09. The molecule has 0 spiro atoms. The quantitative estimate of drug-likeness (QED) is 0.794. The van der Waals surface area contributed by atoms with Crippen LogP contribution in [0.15, 0.2) is 53.1 Å². The van der Waals surface area contributed by atoms with Gasteiger partial charge >= 0.3 is 5.97 Å². The molecule has 1 atom stereocenters. The maximum atomic E-state index is 10.7. The minimum absolute atomic E-state index is 0.121. The van der Waals surface area contributed by atoms with Crippen LogP contribution in [0.5, 0.6) is 0 Å². The van der Waals surface area contributed by atoms with E-state index in [0.29, 0.717) is 13.0 Å². The molecule has 0 saturated heterocycles. The fourth-order valence-corrected chi connectivity index (χ4v) is 2.54. The Kier molecular flexibility index (Phi) is 5.43. The van der Waals surface area contributed by atoms with Crippen LogP contribution >= 0.6 is 0 Å². The van der Waals surface area contributed by atoms with Crippen molar-refractivity contribution in [2.75, 3.05) is 11.4 Å². The number of aliphatic carboxylic acids is 1. The zero-order valence-corrected chi connectivity index (χ0v) is 12.2. The molecule has 0 radical (unpaired) electrons. The van der Waals surface area contributed by atoms with Gasteiger partial charge in [-0.2, -0.15) is 0 Å². The first kappa shape index (κ1) is 15.2. The van der Waals surface area contributed by atoms with E-state index >= 15 is 0 Å². The fourth-order valence-electron chi connectivity index (χ4n) is 2.54. The number of hydrogen-bond donors (Lipinski definition) is 1. The van der Waals surface area contributed by atoms with E-state index in [2.05, 4.69) is 11.8 Å². The summed E-state index contributed by atoms with van der Waals surface area (Å²) in [6, 6.07) is 14.0. The Morgan fingerprint density at radius 1 is 1.24 bits per heavy atom. The van der Waals surface area contributed by atoms with E-state index in [1.165, 1.54) is 0 Å². The van der Waals surface area contributed by atoms with Crippen molar-refractivity contribution in [3.05, 3.63) is 54.5 Å². The monoisotopic (exact) mass is 287 g/mol. The number of carboxylic acid groups (broad SMARTS) is 1.